The molecule has 0 unspecified atom stereocenters. The molecule has 3 aliphatic rings. The summed E-state index contributed by atoms with van der Waals surface area (Å²) >= 11 is 0. The first-order chi connectivity index (χ1) is 13.1. The van der Waals surface area contributed by atoms with E-state index >= 15 is 0 Å². The molecule has 1 aromatic heterocycles. The van der Waals surface area contributed by atoms with E-state index in [-0.39, 0.29) is 11.4 Å². The summed E-state index contributed by atoms with van der Waals surface area (Å²) in [5.41, 5.74) is 4.66. The van der Waals surface area contributed by atoms with Crippen LogP contribution in [0.3, 0.4) is 0 Å². The average Bonchev–Trinajstić information content (AvgIpc) is 2.67. The molecule has 4 heterocycles. The van der Waals surface area contributed by atoms with Gasteiger partial charge in [0.2, 0.25) is 0 Å². The van der Waals surface area contributed by atoms with Crippen molar-refractivity contribution in [3.63, 3.8) is 0 Å². The summed E-state index contributed by atoms with van der Waals surface area (Å²) in [6, 6.07) is 10.1. The molecule has 5 heteroatoms. The number of carbonyl (C=O) groups is 1. The van der Waals surface area contributed by atoms with Crippen molar-refractivity contribution in [1.29, 1.82) is 0 Å². The van der Waals surface area contributed by atoms with E-state index in [1.807, 2.05) is 31.2 Å². The molecule has 2 aromatic rings. The van der Waals surface area contributed by atoms with E-state index in [1.165, 1.54) is 0 Å². The Morgan fingerprint density at radius 3 is 2.78 bits per heavy atom. The number of Topliss-reactive ketones (excluding diaryl/α,β-unsaturated/α-hetero) is 1. The monoisotopic (exact) mass is 361 g/mol. The second-order valence-electron chi connectivity index (χ2n) is 7.69. The Kier molecular flexibility index (Phi) is 3.79. The fourth-order valence-electron chi connectivity index (χ4n) is 4.36. The van der Waals surface area contributed by atoms with E-state index in [1.54, 1.807) is 0 Å². The maximum absolute atomic E-state index is 12.7. The third-order valence-electron chi connectivity index (χ3n) is 5.82. The van der Waals surface area contributed by atoms with Crippen molar-refractivity contribution >= 4 is 17.2 Å². The van der Waals surface area contributed by atoms with Crippen LogP contribution in [0.2, 0.25) is 0 Å². The lowest BCUT2D eigenvalue weighted by Gasteiger charge is -2.41. The smallest absolute Gasteiger partial charge is 0.170 e. The molecule has 5 rings (SSSR count). The standard InChI is InChI=1S/C22H23N3O2/c1-14-2-4-17-16(6-9-24-21(17)25-14)15-3-5-18-19(26)13-22(27-20(18)12-15)7-10-23-11-8-22/h2-6,12,23H,7-11,13H2,1H3,(H,24,25). The number of benzene rings is 1. The summed E-state index contributed by atoms with van der Waals surface area (Å²) in [7, 11) is 0. The number of hydrogen-bond acceptors (Lipinski definition) is 5. The van der Waals surface area contributed by atoms with Gasteiger partial charge in [-0.05, 0) is 55.4 Å². The lowest BCUT2D eigenvalue weighted by molar-refractivity contribution is 0.0187. The van der Waals surface area contributed by atoms with Gasteiger partial charge in [-0.3, -0.25) is 4.79 Å². The van der Waals surface area contributed by atoms with Gasteiger partial charge in [0.05, 0.1) is 12.0 Å². The second-order valence-corrected chi connectivity index (χ2v) is 7.69. The molecule has 1 fully saturated rings. The van der Waals surface area contributed by atoms with Crippen LogP contribution in [0.25, 0.3) is 5.57 Å². The minimum absolute atomic E-state index is 0.196. The summed E-state index contributed by atoms with van der Waals surface area (Å²) < 4.78 is 6.45. The minimum Gasteiger partial charge on any atom is -0.486 e. The summed E-state index contributed by atoms with van der Waals surface area (Å²) in [4.78, 5) is 17.4. The normalized spacial score (nSPS) is 20.2. The Morgan fingerprint density at radius 2 is 1.93 bits per heavy atom. The highest BCUT2D eigenvalue weighted by Gasteiger charge is 2.41. The summed E-state index contributed by atoms with van der Waals surface area (Å²) in [6.45, 7) is 4.54. The first kappa shape index (κ1) is 16.5. The number of aryl methyl sites for hydroxylation is 1. The Labute approximate surface area is 158 Å². The van der Waals surface area contributed by atoms with Crippen LogP contribution in [0.15, 0.2) is 36.4 Å². The highest BCUT2D eigenvalue weighted by molar-refractivity contribution is 6.01. The van der Waals surface area contributed by atoms with Crippen LogP contribution in [-0.4, -0.2) is 36.0 Å². The van der Waals surface area contributed by atoms with Crippen molar-refractivity contribution in [3.05, 3.63) is 58.8 Å². The van der Waals surface area contributed by atoms with E-state index in [4.69, 9.17) is 4.74 Å². The molecule has 3 aliphatic heterocycles. The number of anilines is 1. The largest absolute Gasteiger partial charge is 0.486 e. The van der Waals surface area contributed by atoms with Crippen LogP contribution in [0.1, 0.15) is 46.4 Å². The Hall–Kier alpha value is -2.66. The number of fused-ring (bicyclic) bond motifs is 2. The van der Waals surface area contributed by atoms with Gasteiger partial charge in [-0.1, -0.05) is 12.1 Å². The predicted molar refractivity (Wildman–Crippen MR) is 105 cm³/mol. The third-order valence-corrected chi connectivity index (χ3v) is 5.82. The fourth-order valence-corrected chi connectivity index (χ4v) is 4.36. The Bertz CT molecular complexity index is 958. The molecule has 0 bridgehead atoms. The molecular weight excluding hydrogens is 338 g/mol. The number of ketones is 1. The molecule has 1 spiro atoms. The SMILES string of the molecule is Cc1ccc2c(n1)NCC=C2c1ccc2c(c1)OC1(CCNCC1)CC2=O. The second kappa shape index (κ2) is 6.20. The van der Waals surface area contributed by atoms with E-state index < -0.39 is 0 Å². The van der Waals surface area contributed by atoms with Gasteiger partial charge in [0.25, 0.3) is 0 Å². The number of rotatable bonds is 1. The maximum Gasteiger partial charge on any atom is 0.170 e. The van der Waals surface area contributed by atoms with Crippen molar-refractivity contribution in [2.45, 2.75) is 31.8 Å². The number of nitrogens with zero attached hydrogens (tertiary/aromatic N) is 1. The van der Waals surface area contributed by atoms with E-state index in [9.17, 15) is 4.79 Å². The van der Waals surface area contributed by atoms with E-state index in [0.29, 0.717) is 12.0 Å². The van der Waals surface area contributed by atoms with Crippen molar-refractivity contribution in [2.24, 2.45) is 0 Å². The van der Waals surface area contributed by atoms with Crippen LogP contribution in [0.5, 0.6) is 5.75 Å². The maximum atomic E-state index is 12.7. The van der Waals surface area contributed by atoms with Crippen molar-refractivity contribution in [3.8, 4) is 5.75 Å². The van der Waals surface area contributed by atoms with Gasteiger partial charge in [-0.2, -0.15) is 0 Å². The van der Waals surface area contributed by atoms with E-state index in [2.05, 4.69) is 27.8 Å². The Balaban J connectivity index is 1.54. The molecule has 0 saturated carbocycles. The van der Waals surface area contributed by atoms with Crippen LogP contribution in [0.4, 0.5) is 5.82 Å². The lowest BCUT2D eigenvalue weighted by atomic mass is 9.82. The van der Waals surface area contributed by atoms with Crippen LogP contribution >= 0.6 is 0 Å². The topological polar surface area (TPSA) is 63.3 Å². The highest BCUT2D eigenvalue weighted by Crippen LogP contribution is 2.41. The molecule has 138 valence electrons. The highest BCUT2D eigenvalue weighted by atomic mass is 16.5. The van der Waals surface area contributed by atoms with Gasteiger partial charge in [0.1, 0.15) is 17.2 Å². The Morgan fingerprint density at radius 1 is 1.11 bits per heavy atom. The molecule has 1 aromatic carbocycles. The number of carbonyl (C=O) groups excluding carboxylic acids is 1. The quantitative estimate of drug-likeness (QED) is 0.816. The predicted octanol–water partition coefficient (Wildman–Crippen LogP) is 3.33. The summed E-state index contributed by atoms with van der Waals surface area (Å²) in [6.07, 6.45) is 4.41. The number of aromatic nitrogens is 1. The zero-order chi connectivity index (χ0) is 18.4. The van der Waals surface area contributed by atoms with Gasteiger partial charge in [0, 0.05) is 30.6 Å². The molecule has 0 aliphatic carbocycles. The molecular formula is C22H23N3O2. The molecule has 5 nitrogen and oxygen atoms in total. The van der Waals surface area contributed by atoms with Gasteiger partial charge in [0.15, 0.2) is 5.78 Å². The molecule has 2 N–H and O–H groups in total. The van der Waals surface area contributed by atoms with Crippen LogP contribution in [0, 0.1) is 6.92 Å². The van der Waals surface area contributed by atoms with Crippen LogP contribution < -0.4 is 15.4 Å². The summed E-state index contributed by atoms with van der Waals surface area (Å²) in [5, 5.41) is 6.70. The first-order valence-corrected chi connectivity index (χ1v) is 9.63. The zero-order valence-corrected chi connectivity index (χ0v) is 15.5. The van der Waals surface area contributed by atoms with Crippen molar-refractivity contribution < 1.29 is 9.53 Å². The van der Waals surface area contributed by atoms with Crippen LogP contribution in [-0.2, 0) is 0 Å². The minimum atomic E-state index is -0.340. The van der Waals surface area contributed by atoms with E-state index in [0.717, 1.165) is 66.4 Å². The van der Waals surface area contributed by atoms with Gasteiger partial charge in [-0.25, -0.2) is 4.98 Å². The number of pyridine rings is 1. The molecule has 0 amide bonds. The first-order valence-electron chi connectivity index (χ1n) is 9.63. The van der Waals surface area contributed by atoms with Gasteiger partial charge in [-0.15, -0.1) is 0 Å². The zero-order valence-electron chi connectivity index (χ0n) is 15.5. The van der Waals surface area contributed by atoms with Crippen molar-refractivity contribution in [2.75, 3.05) is 25.0 Å². The molecule has 0 atom stereocenters. The number of nitrogens with one attached hydrogen (secondary N) is 2. The molecule has 27 heavy (non-hydrogen) atoms. The molecule has 0 radical (unpaired) electrons. The number of ether oxygens (including phenoxy) is 1. The third kappa shape index (κ3) is 2.82. The fraction of sp³-hybridized carbons (Fsp3) is 0.364. The summed E-state index contributed by atoms with van der Waals surface area (Å²) in [5.74, 6) is 1.84. The van der Waals surface area contributed by atoms with Gasteiger partial charge >= 0.3 is 0 Å². The number of hydrogen-bond donors (Lipinski definition) is 2. The van der Waals surface area contributed by atoms with Crippen molar-refractivity contribution in [1.82, 2.24) is 10.3 Å². The number of piperidine rings is 1. The lowest BCUT2D eigenvalue weighted by Crippen LogP contribution is -2.49. The average molecular weight is 361 g/mol. The molecule has 1 saturated heterocycles. The van der Waals surface area contributed by atoms with Gasteiger partial charge < -0.3 is 15.4 Å².